The molecule has 1 heterocycles. The summed E-state index contributed by atoms with van der Waals surface area (Å²) < 4.78 is 8.51. The summed E-state index contributed by atoms with van der Waals surface area (Å²) in [6.45, 7) is 4.36. The number of rotatable bonds is 1. The van der Waals surface area contributed by atoms with Gasteiger partial charge in [-0.15, -0.1) is 0 Å². The third kappa shape index (κ3) is 12.5. The molecule has 1 unspecified atom stereocenters. The van der Waals surface area contributed by atoms with Crippen molar-refractivity contribution >= 4 is 26.5 Å². The van der Waals surface area contributed by atoms with E-state index in [0.717, 1.165) is 0 Å². The van der Waals surface area contributed by atoms with E-state index in [9.17, 15) is 0 Å². The monoisotopic (exact) mass is 249 g/mol. The van der Waals surface area contributed by atoms with Gasteiger partial charge in [-0.05, 0) is 4.57 Å². The number of nitrogen functional groups attached to an aromatic ring is 3. The van der Waals surface area contributed by atoms with Gasteiger partial charge in [0.2, 0.25) is 17.8 Å². The number of nitrogens with two attached hydrogens (primary N) is 3. The van der Waals surface area contributed by atoms with Crippen LogP contribution >= 0.6 is 8.69 Å². The first-order valence-electron chi connectivity index (χ1n) is 4.55. The molecule has 0 bridgehead atoms. The Bertz CT molecular complexity index is 246. The first-order valence-corrected chi connectivity index (χ1v) is 5.41. The summed E-state index contributed by atoms with van der Waals surface area (Å²) in [6, 6.07) is 0. The van der Waals surface area contributed by atoms with E-state index < -0.39 is 8.69 Å². The Morgan fingerprint density at radius 2 is 1.19 bits per heavy atom. The second-order valence-electron chi connectivity index (χ2n) is 2.50. The average molecular weight is 249 g/mol. The van der Waals surface area contributed by atoms with Crippen molar-refractivity contribution in [1.82, 2.24) is 15.0 Å². The van der Waals surface area contributed by atoms with Crippen molar-refractivity contribution in [3.8, 4) is 0 Å². The predicted molar refractivity (Wildman–Crippen MR) is 64.9 cm³/mol. The lowest BCUT2D eigenvalue weighted by Crippen LogP contribution is -2.05. The molecule has 7 N–H and O–H groups in total. The van der Waals surface area contributed by atoms with Crippen LogP contribution in [0.1, 0.15) is 26.7 Å². The van der Waals surface area contributed by atoms with Crippen LogP contribution in [-0.2, 0) is 4.57 Å². The summed E-state index contributed by atoms with van der Waals surface area (Å²) in [6.07, 6.45) is 2.64. The molecule has 0 amide bonds. The number of hydrogen-bond donors (Lipinski definition) is 4. The van der Waals surface area contributed by atoms with E-state index in [0.29, 0.717) is 0 Å². The van der Waals surface area contributed by atoms with Crippen LogP contribution < -0.4 is 17.2 Å². The lowest BCUT2D eigenvalue weighted by molar-refractivity contribution is 0.524. The fourth-order valence-electron chi connectivity index (χ4n) is 0.427. The number of nitrogens with zero attached hydrogens (tertiary/aromatic N) is 3. The predicted octanol–water partition coefficient (Wildman–Crippen LogP) is 0.342. The molecular formula is C7H18N6O2P+. The Hall–Kier alpha value is -1.53. The van der Waals surface area contributed by atoms with Crippen molar-refractivity contribution in [2.75, 3.05) is 17.2 Å². The second kappa shape index (κ2) is 11.5. The highest BCUT2D eigenvalue weighted by atomic mass is 31.1. The second-order valence-corrected chi connectivity index (χ2v) is 2.68. The van der Waals surface area contributed by atoms with Crippen LogP contribution in [0.2, 0.25) is 0 Å². The number of aromatic nitrogens is 3. The van der Waals surface area contributed by atoms with Gasteiger partial charge in [0.25, 0.3) is 0 Å². The highest BCUT2D eigenvalue weighted by molar-refractivity contribution is 7.16. The van der Waals surface area contributed by atoms with Crippen LogP contribution in [0.4, 0.5) is 17.8 Å². The van der Waals surface area contributed by atoms with Gasteiger partial charge in [-0.25, -0.2) is 0 Å². The maximum atomic E-state index is 8.51. The summed E-state index contributed by atoms with van der Waals surface area (Å²) in [4.78, 5) is 17.5. The Balaban J connectivity index is 0. The molecule has 0 aliphatic heterocycles. The first kappa shape index (κ1) is 16.9. The van der Waals surface area contributed by atoms with Gasteiger partial charge in [-0.1, -0.05) is 26.7 Å². The summed E-state index contributed by atoms with van der Waals surface area (Å²) in [5, 5.41) is 0. The molecule has 0 aliphatic rings. The third-order valence-corrected chi connectivity index (χ3v) is 1.19. The summed E-state index contributed by atoms with van der Waals surface area (Å²) >= 11 is 0. The van der Waals surface area contributed by atoms with Gasteiger partial charge in [0, 0.05) is 0 Å². The molecule has 0 saturated heterocycles. The Kier molecular flexibility index (Phi) is 12.2. The summed E-state index contributed by atoms with van der Waals surface area (Å²) in [7, 11) is -1.17. The average Bonchev–Trinajstić information content (AvgIpc) is 2.17. The molecule has 1 rings (SSSR count). The zero-order valence-corrected chi connectivity index (χ0v) is 10.3. The van der Waals surface area contributed by atoms with E-state index >= 15 is 0 Å². The largest absolute Gasteiger partial charge is 0.491 e. The topological polar surface area (TPSA) is 154 Å². The van der Waals surface area contributed by atoms with E-state index in [1.54, 1.807) is 0 Å². The minimum atomic E-state index is -1.17. The van der Waals surface area contributed by atoms with Gasteiger partial charge < -0.3 is 17.2 Å². The fourth-order valence-corrected chi connectivity index (χ4v) is 0.427. The van der Waals surface area contributed by atoms with Gasteiger partial charge in [-0.3, -0.25) is 0 Å². The normalized spacial score (nSPS) is 8.44. The van der Waals surface area contributed by atoms with Crippen LogP contribution in [0.3, 0.4) is 0 Å². The van der Waals surface area contributed by atoms with Gasteiger partial charge in [0.15, 0.2) is 0 Å². The zero-order chi connectivity index (χ0) is 13.0. The molecule has 1 atom stereocenters. The zero-order valence-electron chi connectivity index (χ0n) is 9.34. The van der Waals surface area contributed by atoms with Crippen molar-refractivity contribution in [3.05, 3.63) is 0 Å². The minimum Gasteiger partial charge on any atom is -0.368 e. The SMILES string of the molecule is CCCC.Nc1nc(N)nc(N)n1.O=[PH+]O. The maximum absolute atomic E-state index is 8.51. The number of anilines is 3. The quantitative estimate of drug-likeness (QED) is 0.519. The van der Waals surface area contributed by atoms with Crippen LogP contribution in [-0.4, -0.2) is 19.8 Å². The number of unbranched alkanes of at least 4 members (excludes halogenated alkanes) is 1. The van der Waals surface area contributed by atoms with Crippen molar-refractivity contribution in [2.24, 2.45) is 0 Å². The van der Waals surface area contributed by atoms with Crippen LogP contribution in [0.25, 0.3) is 0 Å². The summed E-state index contributed by atoms with van der Waals surface area (Å²) in [5.41, 5.74) is 15.4. The molecule has 16 heavy (non-hydrogen) atoms. The van der Waals surface area contributed by atoms with Crippen LogP contribution in [0.15, 0.2) is 0 Å². The Morgan fingerprint density at radius 3 is 1.31 bits per heavy atom. The van der Waals surface area contributed by atoms with Crippen LogP contribution in [0, 0.1) is 0 Å². The molecule has 92 valence electrons. The number of hydrogen-bond acceptors (Lipinski definition) is 7. The molecule has 0 radical (unpaired) electrons. The molecular weight excluding hydrogens is 231 g/mol. The lowest BCUT2D eigenvalue weighted by Gasteiger charge is -1.93. The molecule has 0 saturated carbocycles. The minimum absolute atomic E-state index is 0.0417. The van der Waals surface area contributed by atoms with Gasteiger partial charge >= 0.3 is 8.69 Å². The van der Waals surface area contributed by atoms with E-state index in [1.807, 2.05) is 0 Å². The molecule has 0 spiro atoms. The molecule has 8 nitrogen and oxygen atoms in total. The molecule has 0 fully saturated rings. The van der Waals surface area contributed by atoms with Gasteiger partial charge in [-0.2, -0.15) is 19.8 Å². The van der Waals surface area contributed by atoms with Crippen molar-refractivity contribution in [3.63, 3.8) is 0 Å². The standard InChI is InChI=1S/C4H10.C3H6N6.HO2P/c1-3-4-2;4-1-7-2(5)9-3(6)8-1;1-3-2/h3-4H2,1-2H3;(H6,4,5,6,7,8,9);3H/p+1. The molecule has 9 heteroatoms. The van der Waals surface area contributed by atoms with E-state index in [4.69, 9.17) is 26.7 Å². The van der Waals surface area contributed by atoms with E-state index in [-0.39, 0.29) is 17.8 Å². The molecule has 0 aliphatic carbocycles. The van der Waals surface area contributed by atoms with Crippen molar-refractivity contribution in [2.45, 2.75) is 26.7 Å². The maximum Gasteiger partial charge on any atom is 0.491 e. The highest BCUT2D eigenvalue weighted by Gasteiger charge is 1.93. The smallest absolute Gasteiger partial charge is 0.368 e. The van der Waals surface area contributed by atoms with Gasteiger partial charge in [0.1, 0.15) is 0 Å². The van der Waals surface area contributed by atoms with E-state index in [1.165, 1.54) is 12.8 Å². The fraction of sp³-hybridized carbons (Fsp3) is 0.571. The van der Waals surface area contributed by atoms with Gasteiger partial charge in [0.05, 0.1) is 0 Å². The van der Waals surface area contributed by atoms with Crippen LogP contribution in [0.5, 0.6) is 0 Å². The highest BCUT2D eigenvalue weighted by Crippen LogP contribution is 1.97. The van der Waals surface area contributed by atoms with E-state index in [2.05, 4.69) is 28.8 Å². The Morgan fingerprint density at radius 1 is 1.00 bits per heavy atom. The summed E-state index contributed by atoms with van der Waals surface area (Å²) in [5.74, 6) is 0.125. The van der Waals surface area contributed by atoms with Crippen molar-refractivity contribution < 1.29 is 9.46 Å². The molecule has 1 aromatic heterocycles. The molecule has 1 aromatic rings. The van der Waals surface area contributed by atoms with Crippen molar-refractivity contribution in [1.29, 1.82) is 0 Å². The molecule has 0 aromatic carbocycles. The third-order valence-electron chi connectivity index (χ3n) is 1.19. The lowest BCUT2D eigenvalue weighted by atomic mass is 10.4. The first-order chi connectivity index (χ1) is 7.51. The Labute approximate surface area is 95.6 Å².